The van der Waals surface area contributed by atoms with E-state index in [4.69, 9.17) is 0 Å². The second-order valence-electron chi connectivity index (χ2n) is 5.16. The summed E-state index contributed by atoms with van der Waals surface area (Å²) >= 11 is 0. The Kier molecular flexibility index (Phi) is 3.09. The average Bonchev–Trinajstić information content (AvgIpc) is 1.56. The Morgan fingerprint density at radius 2 is 1.36 bits per heavy atom. The molecule has 0 aliphatic rings. The molecule has 0 aromatic carbocycles. The lowest BCUT2D eigenvalue weighted by Crippen LogP contribution is -2.49. The summed E-state index contributed by atoms with van der Waals surface area (Å²) in [6.07, 6.45) is -0.442. The molecular formula is C9H21NO. The Morgan fingerprint density at radius 3 is 1.45 bits per heavy atom. The molecule has 11 heavy (non-hydrogen) atoms. The van der Waals surface area contributed by atoms with E-state index in [9.17, 15) is 5.11 Å². The molecule has 2 heteroatoms. The van der Waals surface area contributed by atoms with E-state index < -0.39 is 6.23 Å². The van der Waals surface area contributed by atoms with Gasteiger partial charge in [-0.05, 0) is 20.8 Å². The maximum Gasteiger partial charge on any atom is 0.110 e. The topological polar surface area (TPSA) is 32.3 Å². The standard InChI is InChI=1S/C9H21NO/c1-8(2,3)7(11)10-9(4,5)6/h7,10-11H,1-6H3. The Hall–Kier alpha value is -0.0800. The van der Waals surface area contributed by atoms with Crippen molar-refractivity contribution in [2.24, 2.45) is 5.41 Å². The minimum absolute atomic E-state index is 0.0211. The minimum Gasteiger partial charge on any atom is -0.378 e. The van der Waals surface area contributed by atoms with Crippen LogP contribution >= 0.6 is 0 Å². The van der Waals surface area contributed by atoms with Crippen LogP contribution in [-0.4, -0.2) is 16.9 Å². The quantitative estimate of drug-likeness (QED) is 0.571. The SMILES string of the molecule is CC(C)(C)NC(O)C(C)(C)C. The van der Waals surface area contributed by atoms with E-state index in [1.54, 1.807) is 0 Å². The van der Waals surface area contributed by atoms with Crippen LogP contribution in [-0.2, 0) is 0 Å². The fraction of sp³-hybridized carbons (Fsp3) is 1.00. The van der Waals surface area contributed by atoms with Crippen molar-refractivity contribution in [3.63, 3.8) is 0 Å². The molecule has 2 N–H and O–H groups in total. The smallest absolute Gasteiger partial charge is 0.110 e. The van der Waals surface area contributed by atoms with E-state index in [1.807, 2.05) is 41.5 Å². The number of rotatable bonds is 1. The largest absolute Gasteiger partial charge is 0.378 e. The fourth-order valence-corrected chi connectivity index (χ4v) is 0.627. The predicted molar refractivity (Wildman–Crippen MR) is 48.4 cm³/mol. The van der Waals surface area contributed by atoms with Crippen LogP contribution in [0.4, 0.5) is 0 Å². The third-order valence-corrected chi connectivity index (χ3v) is 1.39. The lowest BCUT2D eigenvalue weighted by molar-refractivity contribution is 0.0128. The molecular weight excluding hydrogens is 138 g/mol. The van der Waals surface area contributed by atoms with Gasteiger partial charge in [0, 0.05) is 11.0 Å². The monoisotopic (exact) mass is 159 g/mol. The maximum atomic E-state index is 9.61. The van der Waals surface area contributed by atoms with Gasteiger partial charge in [0.05, 0.1) is 0 Å². The zero-order chi connectivity index (χ0) is 9.28. The van der Waals surface area contributed by atoms with Gasteiger partial charge in [0.2, 0.25) is 0 Å². The summed E-state index contributed by atoms with van der Waals surface area (Å²) in [7, 11) is 0. The van der Waals surface area contributed by atoms with Gasteiger partial charge >= 0.3 is 0 Å². The van der Waals surface area contributed by atoms with Crippen LogP contribution in [0.25, 0.3) is 0 Å². The van der Waals surface area contributed by atoms with Gasteiger partial charge in [-0.1, -0.05) is 20.8 Å². The van der Waals surface area contributed by atoms with E-state index >= 15 is 0 Å². The molecule has 0 saturated carbocycles. The molecule has 0 aliphatic carbocycles. The van der Waals surface area contributed by atoms with Gasteiger partial charge in [-0.3, -0.25) is 5.32 Å². The molecule has 2 nitrogen and oxygen atoms in total. The Balaban J connectivity index is 3.99. The van der Waals surface area contributed by atoms with Crippen molar-refractivity contribution in [1.29, 1.82) is 0 Å². The third-order valence-electron chi connectivity index (χ3n) is 1.39. The summed E-state index contributed by atoms with van der Waals surface area (Å²) in [5.41, 5.74) is -0.111. The first-order chi connectivity index (χ1) is 4.63. The second-order valence-corrected chi connectivity index (χ2v) is 5.16. The van der Waals surface area contributed by atoms with Crippen molar-refractivity contribution < 1.29 is 5.11 Å². The average molecular weight is 159 g/mol. The van der Waals surface area contributed by atoms with E-state index in [-0.39, 0.29) is 11.0 Å². The molecule has 0 aromatic heterocycles. The van der Waals surface area contributed by atoms with Crippen molar-refractivity contribution in [3.8, 4) is 0 Å². The molecule has 68 valence electrons. The fourth-order valence-electron chi connectivity index (χ4n) is 0.627. The van der Waals surface area contributed by atoms with Crippen LogP contribution < -0.4 is 5.32 Å². The van der Waals surface area contributed by atoms with Crippen LogP contribution in [0.2, 0.25) is 0 Å². The highest BCUT2D eigenvalue weighted by atomic mass is 16.3. The van der Waals surface area contributed by atoms with Crippen molar-refractivity contribution >= 4 is 0 Å². The van der Waals surface area contributed by atoms with Gasteiger partial charge in [0.25, 0.3) is 0 Å². The molecule has 1 atom stereocenters. The van der Waals surface area contributed by atoms with Crippen molar-refractivity contribution in [3.05, 3.63) is 0 Å². The zero-order valence-corrected chi connectivity index (χ0v) is 8.52. The molecule has 0 aromatic rings. The highest BCUT2D eigenvalue weighted by Gasteiger charge is 2.25. The summed E-state index contributed by atoms with van der Waals surface area (Å²) in [4.78, 5) is 0. The molecule has 0 aliphatic heterocycles. The molecule has 0 radical (unpaired) electrons. The first kappa shape index (κ1) is 10.9. The van der Waals surface area contributed by atoms with Crippen LogP contribution in [0.15, 0.2) is 0 Å². The van der Waals surface area contributed by atoms with Gasteiger partial charge in [0.15, 0.2) is 0 Å². The van der Waals surface area contributed by atoms with Crippen molar-refractivity contribution in [1.82, 2.24) is 5.32 Å². The number of hydrogen-bond donors (Lipinski definition) is 2. The molecule has 0 amide bonds. The van der Waals surface area contributed by atoms with Crippen LogP contribution in [0.1, 0.15) is 41.5 Å². The van der Waals surface area contributed by atoms with Gasteiger partial charge in [-0.25, -0.2) is 0 Å². The van der Waals surface area contributed by atoms with Crippen molar-refractivity contribution in [2.45, 2.75) is 53.3 Å². The van der Waals surface area contributed by atoms with Gasteiger partial charge in [-0.15, -0.1) is 0 Å². The van der Waals surface area contributed by atoms with E-state index in [0.29, 0.717) is 0 Å². The molecule has 0 rings (SSSR count). The highest BCUT2D eigenvalue weighted by Crippen LogP contribution is 2.18. The van der Waals surface area contributed by atoms with Gasteiger partial charge < -0.3 is 5.11 Å². The molecule has 0 fully saturated rings. The first-order valence-corrected chi connectivity index (χ1v) is 4.09. The molecule has 0 saturated heterocycles. The van der Waals surface area contributed by atoms with Gasteiger partial charge in [0.1, 0.15) is 6.23 Å². The molecule has 0 spiro atoms. The van der Waals surface area contributed by atoms with Crippen LogP contribution in [0.3, 0.4) is 0 Å². The summed E-state index contributed by atoms with van der Waals surface area (Å²) in [5, 5.41) is 12.7. The normalized spacial score (nSPS) is 16.6. The number of aliphatic hydroxyl groups excluding tert-OH is 1. The molecule has 1 unspecified atom stereocenters. The van der Waals surface area contributed by atoms with Crippen LogP contribution in [0.5, 0.6) is 0 Å². The van der Waals surface area contributed by atoms with Gasteiger partial charge in [-0.2, -0.15) is 0 Å². The molecule has 0 bridgehead atoms. The van der Waals surface area contributed by atoms with E-state index in [2.05, 4.69) is 5.32 Å². The van der Waals surface area contributed by atoms with E-state index in [0.717, 1.165) is 0 Å². The third kappa shape index (κ3) is 5.22. The predicted octanol–water partition coefficient (Wildman–Crippen LogP) is 1.74. The summed E-state index contributed by atoms with van der Waals surface area (Å²) in [6.45, 7) is 12.2. The summed E-state index contributed by atoms with van der Waals surface area (Å²) in [5.74, 6) is 0. The van der Waals surface area contributed by atoms with E-state index in [1.165, 1.54) is 0 Å². The first-order valence-electron chi connectivity index (χ1n) is 4.09. The summed E-state index contributed by atoms with van der Waals surface area (Å²) in [6, 6.07) is 0. The Bertz CT molecular complexity index is 119. The lowest BCUT2D eigenvalue weighted by Gasteiger charge is -2.33. The Morgan fingerprint density at radius 1 is 1.00 bits per heavy atom. The lowest BCUT2D eigenvalue weighted by atomic mass is 9.92. The summed E-state index contributed by atoms with van der Waals surface area (Å²) < 4.78 is 0. The number of nitrogens with one attached hydrogen (secondary N) is 1. The number of hydrogen-bond acceptors (Lipinski definition) is 2. The Labute approximate surface area is 70.0 Å². The maximum absolute atomic E-state index is 9.61. The molecule has 0 heterocycles. The highest BCUT2D eigenvalue weighted by molar-refractivity contribution is 4.78. The number of aliphatic hydroxyl groups is 1. The second kappa shape index (κ2) is 3.11. The van der Waals surface area contributed by atoms with Crippen LogP contribution in [0, 0.1) is 5.41 Å². The van der Waals surface area contributed by atoms with Crippen molar-refractivity contribution in [2.75, 3.05) is 0 Å². The zero-order valence-electron chi connectivity index (χ0n) is 8.52. The minimum atomic E-state index is -0.442.